The molecule has 94 valence electrons. The van der Waals surface area contributed by atoms with Gasteiger partial charge in [-0.25, -0.2) is 23.7 Å². The maximum Gasteiger partial charge on any atom is 0.433 e. The van der Waals surface area contributed by atoms with Crippen molar-refractivity contribution < 1.29 is 22.0 Å². The second-order valence-corrected chi connectivity index (χ2v) is 3.25. The van der Waals surface area contributed by atoms with E-state index in [1.165, 1.54) is 0 Å². The Kier molecular flexibility index (Phi) is 2.93. The van der Waals surface area contributed by atoms with Crippen LogP contribution >= 0.6 is 0 Å². The summed E-state index contributed by atoms with van der Waals surface area (Å²) in [5, 5.41) is 0. The fourth-order valence-electron chi connectivity index (χ4n) is 1.21. The Hall–Kier alpha value is -2.12. The highest BCUT2D eigenvalue weighted by molar-refractivity contribution is 5.49. The second kappa shape index (κ2) is 4.28. The van der Waals surface area contributed by atoms with E-state index in [0.29, 0.717) is 18.3 Å². The molecule has 0 fully saturated rings. The first-order valence-corrected chi connectivity index (χ1v) is 4.59. The Bertz CT molecular complexity index is 582. The molecule has 0 unspecified atom stereocenters. The summed E-state index contributed by atoms with van der Waals surface area (Å²) < 4.78 is 63.1. The lowest BCUT2D eigenvalue weighted by atomic mass is 10.3. The normalized spacial score (nSPS) is 11.6. The lowest BCUT2D eigenvalue weighted by Gasteiger charge is -2.06. The summed E-state index contributed by atoms with van der Waals surface area (Å²) >= 11 is 0. The van der Waals surface area contributed by atoms with E-state index in [-0.39, 0.29) is 0 Å². The molecule has 2 heterocycles. The molecule has 0 atom stereocenters. The van der Waals surface area contributed by atoms with Gasteiger partial charge >= 0.3 is 6.18 Å². The monoisotopic (exact) mass is 261 g/mol. The number of hydrogen-bond donors (Lipinski definition) is 0. The lowest BCUT2D eigenvalue weighted by molar-refractivity contribution is -0.141. The minimum atomic E-state index is -4.67. The van der Waals surface area contributed by atoms with Gasteiger partial charge in [0, 0.05) is 12.3 Å². The van der Waals surface area contributed by atoms with Crippen molar-refractivity contribution in [2.45, 2.75) is 6.18 Å². The van der Waals surface area contributed by atoms with E-state index in [1.54, 1.807) is 0 Å². The summed E-state index contributed by atoms with van der Waals surface area (Å²) in [7, 11) is 0. The van der Waals surface area contributed by atoms with Gasteiger partial charge in [0.2, 0.25) is 0 Å². The third-order valence-corrected chi connectivity index (χ3v) is 1.97. The number of alkyl halides is 3. The third-order valence-electron chi connectivity index (χ3n) is 1.97. The van der Waals surface area contributed by atoms with Crippen LogP contribution in [0.15, 0.2) is 24.5 Å². The molecule has 0 saturated heterocycles. The summed E-state index contributed by atoms with van der Waals surface area (Å²) in [4.78, 5) is 9.95. The van der Waals surface area contributed by atoms with Crippen LogP contribution in [0.3, 0.4) is 0 Å². The van der Waals surface area contributed by atoms with Crippen LogP contribution in [0, 0.1) is 11.6 Å². The summed E-state index contributed by atoms with van der Waals surface area (Å²) in [6.07, 6.45) is -3.17. The zero-order chi connectivity index (χ0) is 13.3. The molecule has 0 aliphatic carbocycles. The average molecular weight is 261 g/mol. The number of hydrogen-bond acceptors (Lipinski definition) is 3. The summed E-state index contributed by atoms with van der Waals surface area (Å²) in [6.45, 7) is 0. The zero-order valence-corrected chi connectivity index (χ0v) is 8.54. The van der Waals surface area contributed by atoms with Gasteiger partial charge in [-0.2, -0.15) is 13.2 Å². The largest absolute Gasteiger partial charge is 0.433 e. The molecular formula is C10H4F5N3. The molecule has 2 aromatic rings. The first-order valence-electron chi connectivity index (χ1n) is 4.59. The van der Waals surface area contributed by atoms with Crippen molar-refractivity contribution in [1.82, 2.24) is 15.0 Å². The van der Waals surface area contributed by atoms with Crippen molar-refractivity contribution >= 4 is 0 Å². The van der Waals surface area contributed by atoms with Crippen LogP contribution in [0.5, 0.6) is 0 Å². The van der Waals surface area contributed by atoms with E-state index >= 15 is 0 Å². The van der Waals surface area contributed by atoms with E-state index in [4.69, 9.17) is 0 Å². The molecule has 0 bridgehead atoms. The lowest BCUT2D eigenvalue weighted by Crippen LogP contribution is -2.09. The van der Waals surface area contributed by atoms with Gasteiger partial charge in [0.05, 0.1) is 6.20 Å². The topological polar surface area (TPSA) is 38.7 Å². The Morgan fingerprint density at radius 3 is 2.39 bits per heavy atom. The van der Waals surface area contributed by atoms with Crippen molar-refractivity contribution in [3.63, 3.8) is 0 Å². The van der Waals surface area contributed by atoms with Gasteiger partial charge < -0.3 is 0 Å². The van der Waals surface area contributed by atoms with Crippen LogP contribution in [0.25, 0.3) is 11.5 Å². The minimum Gasteiger partial charge on any atom is -0.247 e. The van der Waals surface area contributed by atoms with Gasteiger partial charge in [0.15, 0.2) is 11.6 Å². The first kappa shape index (κ1) is 12.3. The average Bonchev–Trinajstić information content (AvgIpc) is 2.28. The van der Waals surface area contributed by atoms with Crippen LogP contribution in [0.2, 0.25) is 0 Å². The molecule has 0 saturated carbocycles. The third kappa shape index (κ3) is 2.41. The molecule has 0 aromatic carbocycles. The van der Waals surface area contributed by atoms with Gasteiger partial charge in [-0.3, -0.25) is 0 Å². The van der Waals surface area contributed by atoms with Gasteiger partial charge in [-0.1, -0.05) is 0 Å². The molecule has 0 aliphatic heterocycles. The minimum absolute atomic E-state index is 0.492. The van der Waals surface area contributed by atoms with Gasteiger partial charge in [0.25, 0.3) is 0 Å². The van der Waals surface area contributed by atoms with Crippen molar-refractivity contribution in [3.05, 3.63) is 41.9 Å². The van der Waals surface area contributed by atoms with Crippen LogP contribution in [-0.4, -0.2) is 15.0 Å². The van der Waals surface area contributed by atoms with Crippen molar-refractivity contribution in [1.29, 1.82) is 0 Å². The van der Waals surface area contributed by atoms with Crippen LogP contribution in [0.4, 0.5) is 22.0 Å². The Morgan fingerprint density at radius 1 is 1.06 bits per heavy atom. The second-order valence-electron chi connectivity index (χ2n) is 3.25. The highest BCUT2D eigenvalue weighted by Crippen LogP contribution is 2.28. The SMILES string of the molecule is Fc1cnc(-c2nccc(C(F)(F)F)n2)c(F)c1. The van der Waals surface area contributed by atoms with Gasteiger partial charge in [0.1, 0.15) is 17.2 Å². The zero-order valence-electron chi connectivity index (χ0n) is 8.54. The molecular weight excluding hydrogens is 257 g/mol. The number of aromatic nitrogens is 3. The molecule has 0 amide bonds. The number of halogens is 5. The van der Waals surface area contributed by atoms with Crippen molar-refractivity contribution in [3.8, 4) is 11.5 Å². The Labute approximate surface area is 97.3 Å². The van der Waals surface area contributed by atoms with E-state index in [0.717, 1.165) is 6.20 Å². The summed E-state index contributed by atoms with van der Waals surface area (Å²) in [5.74, 6) is -2.63. The highest BCUT2D eigenvalue weighted by atomic mass is 19.4. The molecule has 0 N–H and O–H groups in total. The van der Waals surface area contributed by atoms with E-state index in [2.05, 4.69) is 15.0 Å². The maximum absolute atomic E-state index is 13.3. The quantitative estimate of drug-likeness (QED) is 0.741. The predicted octanol–water partition coefficient (Wildman–Crippen LogP) is 2.84. The Balaban J connectivity index is 2.51. The van der Waals surface area contributed by atoms with Crippen LogP contribution in [0.1, 0.15) is 5.69 Å². The molecule has 0 radical (unpaired) electrons. The molecule has 0 spiro atoms. The first-order chi connectivity index (χ1) is 8.38. The van der Waals surface area contributed by atoms with Crippen molar-refractivity contribution in [2.75, 3.05) is 0 Å². The molecule has 8 heteroatoms. The molecule has 2 rings (SSSR count). The van der Waals surface area contributed by atoms with Crippen LogP contribution < -0.4 is 0 Å². The standard InChI is InChI=1S/C10H4F5N3/c11-5-3-6(12)8(17-4-5)9-16-2-1-7(18-9)10(13,14)15/h1-4H. The number of nitrogens with zero attached hydrogens (tertiary/aromatic N) is 3. The fraction of sp³-hybridized carbons (Fsp3) is 0.100. The number of pyridine rings is 1. The summed E-state index contributed by atoms with van der Waals surface area (Å²) in [5.41, 5.74) is -1.76. The molecule has 2 aromatic heterocycles. The Morgan fingerprint density at radius 2 is 1.78 bits per heavy atom. The highest BCUT2D eigenvalue weighted by Gasteiger charge is 2.33. The van der Waals surface area contributed by atoms with E-state index in [1.807, 2.05) is 0 Å². The molecule has 18 heavy (non-hydrogen) atoms. The molecule has 3 nitrogen and oxygen atoms in total. The molecule has 0 aliphatic rings. The predicted molar refractivity (Wildman–Crippen MR) is 50.2 cm³/mol. The number of rotatable bonds is 1. The van der Waals surface area contributed by atoms with Crippen LogP contribution in [-0.2, 0) is 6.18 Å². The maximum atomic E-state index is 13.3. The van der Waals surface area contributed by atoms with Crippen molar-refractivity contribution in [2.24, 2.45) is 0 Å². The van der Waals surface area contributed by atoms with E-state index < -0.39 is 35.0 Å². The summed E-state index contributed by atoms with van der Waals surface area (Å²) in [6, 6.07) is 1.14. The van der Waals surface area contributed by atoms with Gasteiger partial charge in [-0.05, 0) is 6.07 Å². The van der Waals surface area contributed by atoms with E-state index in [9.17, 15) is 22.0 Å². The smallest absolute Gasteiger partial charge is 0.247 e. The fourth-order valence-corrected chi connectivity index (χ4v) is 1.21. The van der Waals surface area contributed by atoms with Gasteiger partial charge in [-0.15, -0.1) is 0 Å².